The Morgan fingerprint density at radius 1 is 0.941 bits per heavy atom. The molecule has 0 fully saturated rings. The van der Waals surface area contributed by atoms with Crippen LogP contribution in [-0.2, 0) is 4.57 Å². The van der Waals surface area contributed by atoms with Crippen molar-refractivity contribution in [2.45, 2.75) is 0 Å². The molecule has 4 heteroatoms. The molecule has 0 aliphatic heterocycles. The summed E-state index contributed by atoms with van der Waals surface area (Å²) in [7, 11) is -3.64. The molecule has 0 aliphatic rings. The number of benzene rings is 2. The van der Waals surface area contributed by atoms with Crippen molar-refractivity contribution in [3.63, 3.8) is 0 Å². The number of hydrogen-bond acceptors (Lipinski definition) is 1. The highest BCUT2D eigenvalue weighted by molar-refractivity contribution is 7.64. The van der Waals surface area contributed by atoms with Gasteiger partial charge in [0, 0.05) is 6.21 Å². The summed E-state index contributed by atoms with van der Waals surface area (Å²) in [6, 6.07) is 17.7. The highest BCUT2D eigenvalue weighted by atomic mass is 31.2. The van der Waals surface area contributed by atoms with Gasteiger partial charge in [-0.2, -0.15) is 0 Å². The quantitative estimate of drug-likeness (QED) is 0.667. The Bertz CT molecular complexity index is 552. The standard InChI is InChI=1S/C13H12NO2P/c15-17(16,13-9-5-2-6-10-13)14-11-12-7-3-1-4-8-12/h1-11H,(H,15,16). The van der Waals surface area contributed by atoms with Gasteiger partial charge in [-0.25, -0.2) is 4.76 Å². The molecule has 0 saturated heterocycles. The Morgan fingerprint density at radius 3 is 2.06 bits per heavy atom. The Labute approximate surface area is 100.0 Å². The lowest BCUT2D eigenvalue weighted by Gasteiger charge is -2.04. The molecule has 17 heavy (non-hydrogen) atoms. The molecule has 3 nitrogen and oxygen atoms in total. The molecule has 1 unspecified atom stereocenters. The lowest BCUT2D eigenvalue weighted by atomic mass is 10.2. The average molecular weight is 245 g/mol. The minimum absolute atomic E-state index is 0.340. The van der Waals surface area contributed by atoms with E-state index in [9.17, 15) is 9.46 Å². The number of hydrogen-bond donors (Lipinski definition) is 1. The van der Waals surface area contributed by atoms with E-state index in [4.69, 9.17) is 0 Å². The molecule has 0 amide bonds. The first kappa shape index (κ1) is 11.8. The van der Waals surface area contributed by atoms with E-state index >= 15 is 0 Å². The lowest BCUT2D eigenvalue weighted by molar-refractivity contribution is 0.492. The van der Waals surface area contributed by atoms with Crippen LogP contribution in [-0.4, -0.2) is 11.1 Å². The van der Waals surface area contributed by atoms with Crippen molar-refractivity contribution >= 4 is 19.0 Å². The minimum atomic E-state index is -3.64. The van der Waals surface area contributed by atoms with Crippen molar-refractivity contribution in [2.75, 3.05) is 0 Å². The van der Waals surface area contributed by atoms with Gasteiger partial charge in [-0.05, 0) is 17.7 Å². The van der Waals surface area contributed by atoms with Gasteiger partial charge in [-0.1, -0.05) is 48.5 Å². The van der Waals surface area contributed by atoms with Crippen LogP contribution in [0.2, 0.25) is 0 Å². The van der Waals surface area contributed by atoms with Gasteiger partial charge >= 0.3 is 7.52 Å². The van der Waals surface area contributed by atoms with Crippen LogP contribution in [0.4, 0.5) is 0 Å². The Kier molecular flexibility index (Phi) is 3.52. The molecule has 0 spiro atoms. The maximum atomic E-state index is 11.9. The van der Waals surface area contributed by atoms with Crippen molar-refractivity contribution in [2.24, 2.45) is 4.76 Å². The van der Waals surface area contributed by atoms with Crippen LogP contribution in [0.3, 0.4) is 0 Å². The molecule has 0 aliphatic carbocycles. The summed E-state index contributed by atoms with van der Waals surface area (Å²) in [6.07, 6.45) is 1.42. The van der Waals surface area contributed by atoms with E-state index in [-0.39, 0.29) is 0 Å². The maximum Gasteiger partial charge on any atom is 0.342 e. The second-order valence-corrected chi connectivity index (χ2v) is 5.37. The molecular formula is C13H12NO2P. The molecule has 0 aromatic heterocycles. The Hall–Kier alpha value is -1.70. The summed E-state index contributed by atoms with van der Waals surface area (Å²) >= 11 is 0. The summed E-state index contributed by atoms with van der Waals surface area (Å²) < 4.78 is 15.7. The smallest absolute Gasteiger partial charge is 0.325 e. The van der Waals surface area contributed by atoms with E-state index in [1.807, 2.05) is 30.3 Å². The van der Waals surface area contributed by atoms with Crippen LogP contribution in [0.1, 0.15) is 5.56 Å². The highest BCUT2D eigenvalue weighted by Crippen LogP contribution is 2.40. The largest absolute Gasteiger partial charge is 0.342 e. The van der Waals surface area contributed by atoms with Gasteiger partial charge in [-0.15, -0.1) is 0 Å². The van der Waals surface area contributed by atoms with Crippen molar-refractivity contribution in [3.8, 4) is 0 Å². The first-order valence-electron chi connectivity index (χ1n) is 5.17. The van der Waals surface area contributed by atoms with E-state index in [1.54, 1.807) is 30.3 Å². The molecule has 0 heterocycles. The van der Waals surface area contributed by atoms with Crippen LogP contribution in [0, 0.1) is 0 Å². The molecule has 2 rings (SSSR count). The fraction of sp³-hybridized carbons (Fsp3) is 0. The van der Waals surface area contributed by atoms with Crippen LogP contribution in [0.25, 0.3) is 0 Å². The molecule has 2 aromatic carbocycles. The van der Waals surface area contributed by atoms with Gasteiger partial charge in [0.1, 0.15) is 0 Å². The zero-order chi connectivity index (χ0) is 12.1. The molecule has 0 saturated carbocycles. The molecule has 1 N–H and O–H groups in total. The van der Waals surface area contributed by atoms with E-state index in [0.29, 0.717) is 5.30 Å². The van der Waals surface area contributed by atoms with Crippen LogP contribution in [0.5, 0.6) is 0 Å². The molecule has 0 bridgehead atoms. The predicted octanol–water partition coefficient (Wildman–Crippen LogP) is 2.62. The third-order valence-electron chi connectivity index (χ3n) is 2.26. The topological polar surface area (TPSA) is 49.7 Å². The molecule has 86 valence electrons. The highest BCUT2D eigenvalue weighted by Gasteiger charge is 2.18. The maximum absolute atomic E-state index is 11.9. The average Bonchev–Trinajstić information content (AvgIpc) is 2.39. The summed E-state index contributed by atoms with van der Waals surface area (Å²) in [4.78, 5) is 9.80. The number of rotatable bonds is 3. The summed E-state index contributed by atoms with van der Waals surface area (Å²) in [5.74, 6) is 0. The molecule has 1 atom stereocenters. The van der Waals surface area contributed by atoms with E-state index in [1.165, 1.54) is 6.21 Å². The normalized spacial score (nSPS) is 14.6. The van der Waals surface area contributed by atoms with Crippen LogP contribution < -0.4 is 5.30 Å². The van der Waals surface area contributed by atoms with Crippen molar-refractivity contribution in [3.05, 3.63) is 66.2 Å². The first-order valence-corrected chi connectivity index (χ1v) is 6.79. The van der Waals surface area contributed by atoms with E-state index in [0.717, 1.165) is 5.56 Å². The zero-order valence-electron chi connectivity index (χ0n) is 9.10. The lowest BCUT2D eigenvalue weighted by Crippen LogP contribution is -2.01. The fourth-order valence-corrected chi connectivity index (χ4v) is 2.36. The first-order chi connectivity index (χ1) is 8.18. The van der Waals surface area contributed by atoms with Crippen molar-refractivity contribution < 1.29 is 9.46 Å². The monoisotopic (exact) mass is 245 g/mol. The molecule has 0 radical (unpaired) electrons. The second kappa shape index (κ2) is 5.09. The van der Waals surface area contributed by atoms with Gasteiger partial charge in [0.25, 0.3) is 0 Å². The van der Waals surface area contributed by atoms with Gasteiger partial charge in [0.2, 0.25) is 0 Å². The zero-order valence-corrected chi connectivity index (χ0v) is 10.00. The van der Waals surface area contributed by atoms with Gasteiger partial charge in [0.05, 0.1) is 5.30 Å². The Balaban J connectivity index is 2.24. The SMILES string of the molecule is O=P(O)(N=Cc1ccccc1)c1ccccc1. The Morgan fingerprint density at radius 2 is 1.47 bits per heavy atom. The van der Waals surface area contributed by atoms with Gasteiger partial charge < -0.3 is 4.89 Å². The summed E-state index contributed by atoms with van der Waals surface area (Å²) in [5.41, 5.74) is 0.803. The van der Waals surface area contributed by atoms with Gasteiger partial charge in [-0.3, -0.25) is 4.57 Å². The second-order valence-electron chi connectivity index (χ2n) is 3.53. The van der Waals surface area contributed by atoms with Crippen LogP contribution in [0.15, 0.2) is 65.4 Å². The molecule has 2 aromatic rings. The van der Waals surface area contributed by atoms with E-state index < -0.39 is 7.52 Å². The third kappa shape index (κ3) is 3.13. The molecular weight excluding hydrogens is 233 g/mol. The van der Waals surface area contributed by atoms with Crippen molar-refractivity contribution in [1.82, 2.24) is 0 Å². The fourth-order valence-electron chi connectivity index (χ4n) is 1.37. The summed E-state index contributed by atoms with van der Waals surface area (Å²) in [5, 5.41) is 0.340. The van der Waals surface area contributed by atoms with Gasteiger partial charge in [0.15, 0.2) is 0 Å². The predicted molar refractivity (Wildman–Crippen MR) is 69.9 cm³/mol. The third-order valence-corrected chi connectivity index (χ3v) is 3.65. The van der Waals surface area contributed by atoms with Crippen LogP contribution >= 0.6 is 7.52 Å². The summed E-state index contributed by atoms with van der Waals surface area (Å²) in [6.45, 7) is 0. The van der Waals surface area contributed by atoms with E-state index in [2.05, 4.69) is 4.76 Å². The minimum Gasteiger partial charge on any atom is -0.325 e. The van der Waals surface area contributed by atoms with Crippen molar-refractivity contribution in [1.29, 1.82) is 0 Å². The number of nitrogens with zero attached hydrogens (tertiary/aromatic N) is 1.